The zero-order chi connectivity index (χ0) is 12.7. The fourth-order valence-electron chi connectivity index (χ4n) is 3.11. The summed E-state index contributed by atoms with van der Waals surface area (Å²) in [6, 6.07) is 5.84. The average molecular weight is 243 g/mol. The first-order valence-corrected chi connectivity index (χ1v) is 6.49. The van der Waals surface area contributed by atoms with Crippen molar-refractivity contribution in [2.75, 3.05) is 5.32 Å². The summed E-state index contributed by atoms with van der Waals surface area (Å²) in [5.74, 6) is -0.338. The number of rotatable bonds is 2. The second kappa shape index (κ2) is 4.16. The number of carboxylic acids is 1. The first-order valence-electron chi connectivity index (χ1n) is 6.49. The molecule has 3 heteroatoms. The molecular formula is C15H17NO2. The quantitative estimate of drug-likeness (QED) is 0.785. The lowest BCUT2D eigenvalue weighted by Gasteiger charge is -2.35. The minimum absolute atomic E-state index is 0.155. The first-order chi connectivity index (χ1) is 8.70. The Morgan fingerprint density at radius 1 is 1.50 bits per heavy atom. The molecule has 0 aromatic heterocycles. The predicted molar refractivity (Wildman–Crippen MR) is 70.9 cm³/mol. The van der Waals surface area contributed by atoms with Crippen molar-refractivity contribution in [3.05, 3.63) is 41.5 Å². The van der Waals surface area contributed by atoms with Crippen LogP contribution < -0.4 is 5.32 Å². The van der Waals surface area contributed by atoms with Crippen molar-refractivity contribution >= 4 is 11.7 Å². The summed E-state index contributed by atoms with van der Waals surface area (Å²) < 4.78 is 0. The van der Waals surface area contributed by atoms with Gasteiger partial charge in [-0.15, -0.1) is 0 Å². The summed E-state index contributed by atoms with van der Waals surface area (Å²) in [4.78, 5) is 11.3. The predicted octanol–water partition coefficient (Wildman–Crippen LogP) is 2.79. The molecule has 1 aliphatic heterocycles. The van der Waals surface area contributed by atoms with Crippen LogP contribution in [0.1, 0.15) is 30.4 Å². The molecule has 3 atom stereocenters. The lowest BCUT2D eigenvalue weighted by molar-refractivity contribution is -0.139. The van der Waals surface area contributed by atoms with Crippen LogP contribution in [0.5, 0.6) is 0 Å². The van der Waals surface area contributed by atoms with E-state index in [0.29, 0.717) is 0 Å². The van der Waals surface area contributed by atoms with E-state index in [2.05, 4.69) is 36.5 Å². The van der Waals surface area contributed by atoms with Crippen LogP contribution in [0, 0.1) is 5.92 Å². The van der Waals surface area contributed by atoms with Crippen LogP contribution in [-0.4, -0.2) is 17.1 Å². The highest BCUT2D eigenvalue weighted by atomic mass is 16.4. The molecule has 0 fully saturated rings. The second-order valence-corrected chi connectivity index (χ2v) is 5.09. The van der Waals surface area contributed by atoms with E-state index in [4.69, 9.17) is 0 Å². The van der Waals surface area contributed by atoms with Crippen molar-refractivity contribution in [2.45, 2.75) is 31.7 Å². The van der Waals surface area contributed by atoms with Gasteiger partial charge in [-0.1, -0.05) is 31.2 Å². The molecule has 0 radical (unpaired) electrons. The van der Waals surface area contributed by atoms with E-state index in [1.807, 2.05) is 6.07 Å². The van der Waals surface area contributed by atoms with Gasteiger partial charge >= 0.3 is 5.97 Å². The van der Waals surface area contributed by atoms with Gasteiger partial charge in [0.05, 0.1) is 0 Å². The van der Waals surface area contributed by atoms with Gasteiger partial charge in [-0.25, -0.2) is 4.79 Å². The van der Waals surface area contributed by atoms with Crippen LogP contribution in [0.4, 0.5) is 5.69 Å². The van der Waals surface area contributed by atoms with E-state index >= 15 is 0 Å². The van der Waals surface area contributed by atoms with Gasteiger partial charge in [0.1, 0.15) is 6.04 Å². The summed E-state index contributed by atoms with van der Waals surface area (Å²) in [5.41, 5.74) is 3.54. The average Bonchev–Trinajstić information content (AvgIpc) is 2.86. The van der Waals surface area contributed by atoms with Crippen molar-refractivity contribution in [3.63, 3.8) is 0 Å². The Hall–Kier alpha value is -1.77. The third-order valence-electron chi connectivity index (χ3n) is 4.10. The van der Waals surface area contributed by atoms with Crippen molar-refractivity contribution in [1.82, 2.24) is 0 Å². The lowest BCUT2D eigenvalue weighted by Crippen LogP contribution is -2.41. The molecular weight excluding hydrogens is 226 g/mol. The number of aliphatic carboxylic acids is 1. The molecule has 0 amide bonds. The summed E-state index contributed by atoms with van der Waals surface area (Å²) in [5, 5.41) is 12.5. The van der Waals surface area contributed by atoms with Gasteiger partial charge in [-0.3, -0.25) is 0 Å². The highest BCUT2D eigenvalue weighted by Crippen LogP contribution is 2.44. The first kappa shape index (κ1) is 11.3. The van der Waals surface area contributed by atoms with Crippen LogP contribution >= 0.6 is 0 Å². The maximum atomic E-state index is 11.3. The molecule has 3 rings (SSSR count). The molecule has 94 valence electrons. The highest BCUT2D eigenvalue weighted by Gasteiger charge is 2.40. The molecule has 0 unspecified atom stereocenters. The Bertz CT molecular complexity index is 521. The second-order valence-electron chi connectivity index (χ2n) is 5.09. The third-order valence-corrected chi connectivity index (χ3v) is 4.10. The molecule has 1 heterocycles. The number of aryl methyl sites for hydroxylation is 1. The number of hydrogen-bond donors (Lipinski definition) is 2. The van der Waals surface area contributed by atoms with Crippen LogP contribution in [0.3, 0.4) is 0 Å². The van der Waals surface area contributed by atoms with Crippen molar-refractivity contribution < 1.29 is 9.90 Å². The van der Waals surface area contributed by atoms with Gasteiger partial charge in [0.15, 0.2) is 0 Å². The summed E-state index contributed by atoms with van der Waals surface area (Å²) >= 11 is 0. The molecule has 2 aliphatic rings. The maximum Gasteiger partial charge on any atom is 0.326 e. The number of fused-ring (bicyclic) bond motifs is 3. The molecule has 18 heavy (non-hydrogen) atoms. The van der Waals surface area contributed by atoms with Gasteiger partial charge in [0.2, 0.25) is 0 Å². The highest BCUT2D eigenvalue weighted by molar-refractivity contribution is 5.80. The topological polar surface area (TPSA) is 49.3 Å². The van der Waals surface area contributed by atoms with Gasteiger partial charge < -0.3 is 10.4 Å². The van der Waals surface area contributed by atoms with Crippen molar-refractivity contribution in [3.8, 4) is 0 Å². The molecule has 0 saturated carbocycles. The maximum absolute atomic E-state index is 11.3. The van der Waals surface area contributed by atoms with Crippen LogP contribution in [0.2, 0.25) is 0 Å². The summed E-state index contributed by atoms with van der Waals surface area (Å²) in [7, 11) is 0. The van der Waals surface area contributed by atoms with Gasteiger partial charge in [-0.05, 0) is 30.0 Å². The standard InChI is InChI=1S/C15H17NO2/c1-2-9-6-7-13-12(8-9)10-4-3-5-11(10)14(16-13)15(17)18/h3-4,6-8,10-11,14,16H,2,5H2,1H3,(H,17,18)/t10-,11-,14+/m0/s1. The molecule has 0 spiro atoms. The SMILES string of the molecule is CCc1ccc2c(c1)[C@H]1C=CC[C@@H]1[C@H](C(=O)O)N2. The number of hydrogen-bond acceptors (Lipinski definition) is 2. The summed E-state index contributed by atoms with van der Waals surface area (Å²) in [6.45, 7) is 2.14. The molecule has 3 nitrogen and oxygen atoms in total. The molecule has 0 bridgehead atoms. The monoisotopic (exact) mass is 243 g/mol. The molecule has 1 aromatic rings. The van der Waals surface area contributed by atoms with E-state index < -0.39 is 12.0 Å². The number of allylic oxidation sites excluding steroid dienone is 2. The Morgan fingerprint density at radius 3 is 3.06 bits per heavy atom. The number of nitrogens with one attached hydrogen (secondary N) is 1. The Morgan fingerprint density at radius 2 is 2.33 bits per heavy atom. The van der Waals surface area contributed by atoms with Gasteiger partial charge in [-0.2, -0.15) is 0 Å². The van der Waals surface area contributed by atoms with E-state index in [1.165, 1.54) is 11.1 Å². The fraction of sp³-hybridized carbons (Fsp3) is 0.400. The third kappa shape index (κ3) is 1.62. The zero-order valence-corrected chi connectivity index (χ0v) is 10.4. The number of carbonyl (C=O) groups is 1. The molecule has 1 aliphatic carbocycles. The van der Waals surface area contributed by atoms with Crippen molar-refractivity contribution in [2.24, 2.45) is 5.92 Å². The van der Waals surface area contributed by atoms with Crippen LogP contribution in [0.15, 0.2) is 30.4 Å². The molecule has 1 aromatic carbocycles. The van der Waals surface area contributed by atoms with Crippen LogP contribution in [-0.2, 0) is 11.2 Å². The van der Waals surface area contributed by atoms with Gasteiger partial charge in [0.25, 0.3) is 0 Å². The van der Waals surface area contributed by atoms with E-state index in [9.17, 15) is 9.90 Å². The lowest BCUT2D eigenvalue weighted by atomic mass is 9.79. The minimum Gasteiger partial charge on any atom is -0.480 e. The van der Waals surface area contributed by atoms with Gasteiger partial charge in [0, 0.05) is 17.5 Å². The smallest absolute Gasteiger partial charge is 0.326 e. The molecule has 0 saturated heterocycles. The van der Waals surface area contributed by atoms with Crippen molar-refractivity contribution in [1.29, 1.82) is 0 Å². The Kier molecular flexibility index (Phi) is 2.62. The van der Waals surface area contributed by atoms with Crippen LogP contribution in [0.25, 0.3) is 0 Å². The number of anilines is 1. The van der Waals surface area contributed by atoms with E-state index in [0.717, 1.165) is 18.5 Å². The fourth-order valence-corrected chi connectivity index (χ4v) is 3.11. The van der Waals surface area contributed by atoms with E-state index in [1.54, 1.807) is 0 Å². The number of carboxylic acid groups (broad SMARTS) is 1. The zero-order valence-electron chi connectivity index (χ0n) is 10.4. The Labute approximate surface area is 107 Å². The number of benzene rings is 1. The summed E-state index contributed by atoms with van der Waals surface area (Å²) in [6.07, 6.45) is 6.14. The Balaban J connectivity index is 2.06. The normalized spacial score (nSPS) is 28.4. The molecule has 2 N–H and O–H groups in total. The minimum atomic E-state index is -0.751. The largest absolute Gasteiger partial charge is 0.480 e. The van der Waals surface area contributed by atoms with E-state index in [-0.39, 0.29) is 11.8 Å².